The molecule has 0 aromatic heterocycles. The van der Waals surface area contributed by atoms with Gasteiger partial charge in [0.15, 0.2) is 6.61 Å². The molecular formula is C20H21NO2S2. The summed E-state index contributed by atoms with van der Waals surface area (Å²) < 4.78 is 6.16. The van der Waals surface area contributed by atoms with Gasteiger partial charge >= 0.3 is 0 Å². The molecule has 0 atom stereocenters. The fourth-order valence-corrected chi connectivity index (χ4v) is 6.13. The molecule has 25 heavy (non-hydrogen) atoms. The van der Waals surface area contributed by atoms with Crippen LogP contribution in [0, 0.1) is 0 Å². The molecule has 1 aliphatic heterocycles. The Bertz CT molecular complexity index is 755. The first-order valence-electron chi connectivity index (χ1n) is 8.65. The Kier molecular flexibility index (Phi) is 5.22. The first-order chi connectivity index (χ1) is 12.3. The number of nitrogens with one attached hydrogen (secondary N) is 1. The van der Waals surface area contributed by atoms with Crippen LogP contribution in [0.3, 0.4) is 0 Å². The molecule has 4 rings (SSSR count). The van der Waals surface area contributed by atoms with Crippen LogP contribution in [0.25, 0.3) is 0 Å². The van der Waals surface area contributed by atoms with Crippen molar-refractivity contribution >= 4 is 35.1 Å². The van der Waals surface area contributed by atoms with Crippen molar-refractivity contribution in [2.24, 2.45) is 0 Å². The second-order valence-corrected chi connectivity index (χ2v) is 9.04. The maximum absolute atomic E-state index is 12.1. The lowest BCUT2D eigenvalue weighted by Crippen LogP contribution is -2.20. The number of aryl methyl sites for hydroxylation is 2. The molecule has 0 saturated carbocycles. The fraction of sp³-hybridized carbons (Fsp3) is 0.350. The molecule has 1 N–H and O–H groups in total. The van der Waals surface area contributed by atoms with Crippen LogP contribution in [0.15, 0.2) is 42.5 Å². The van der Waals surface area contributed by atoms with E-state index in [1.165, 1.54) is 34.6 Å². The van der Waals surface area contributed by atoms with Crippen molar-refractivity contribution in [3.05, 3.63) is 59.2 Å². The lowest BCUT2D eigenvalue weighted by Gasteiger charge is -2.11. The first kappa shape index (κ1) is 16.9. The second kappa shape index (κ2) is 7.75. The minimum absolute atomic E-state index is 0.0311. The van der Waals surface area contributed by atoms with Crippen LogP contribution in [-0.4, -0.2) is 24.0 Å². The molecule has 1 heterocycles. The molecule has 0 unspecified atom stereocenters. The van der Waals surface area contributed by atoms with Gasteiger partial charge in [0.2, 0.25) is 0 Å². The fourth-order valence-electron chi connectivity index (χ4n) is 3.27. The predicted octanol–water partition coefficient (Wildman–Crippen LogP) is 4.67. The number of fused-ring (bicyclic) bond motifs is 1. The Morgan fingerprint density at radius 1 is 1.04 bits per heavy atom. The minimum Gasteiger partial charge on any atom is -0.484 e. The number of amides is 1. The molecule has 2 aliphatic rings. The van der Waals surface area contributed by atoms with Crippen molar-refractivity contribution < 1.29 is 9.53 Å². The van der Waals surface area contributed by atoms with E-state index in [2.05, 4.69) is 29.6 Å². The van der Waals surface area contributed by atoms with Crippen LogP contribution in [0.5, 0.6) is 5.75 Å². The van der Waals surface area contributed by atoms with Crippen LogP contribution in [-0.2, 0) is 17.6 Å². The summed E-state index contributed by atoms with van der Waals surface area (Å²) in [5.41, 5.74) is 4.95. The highest BCUT2D eigenvalue weighted by Gasteiger charge is 2.18. The number of hydrogen-bond donors (Lipinski definition) is 1. The zero-order chi connectivity index (χ0) is 17.1. The van der Waals surface area contributed by atoms with Gasteiger partial charge in [-0.2, -0.15) is 0 Å². The average Bonchev–Trinajstić information content (AvgIpc) is 3.32. The second-order valence-electron chi connectivity index (χ2n) is 6.32. The van der Waals surface area contributed by atoms with E-state index in [0.29, 0.717) is 4.58 Å². The van der Waals surface area contributed by atoms with E-state index in [1.54, 1.807) is 0 Å². The summed E-state index contributed by atoms with van der Waals surface area (Å²) in [6, 6.07) is 14.3. The van der Waals surface area contributed by atoms with Crippen molar-refractivity contribution in [2.75, 3.05) is 23.4 Å². The average molecular weight is 372 g/mol. The molecule has 2 aromatic carbocycles. The van der Waals surface area contributed by atoms with Crippen LogP contribution in [0.1, 0.15) is 27.7 Å². The van der Waals surface area contributed by atoms with Crippen molar-refractivity contribution in [1.82, 2.24) is 0 Å². The lowest BCUT2D eigenvalue weighted by atomic mass is 10.1. The number of benzene rings is 2. The van der Waals surface area contributed by atoms with E-state index in [-0.39, 0.29) is 12.5 Å². The highest BCUT2D eigenvalue weighted by atomic mass is 32.2. The predicted molar refractivity (Wildman–Crippen MR) is 107 cm³/mol. The van der Waals surface area contributed by atoms with Crippen LogP contribution in [0.2, 0.25) is 0 Å². The number of carbonyl (C=O) groups is 1. The number of anilines is 1. The number of rotatable bonds is 5. The molecule has 1 aliphatic carbocycles. The van der Waals surface area contributed by atoms with Crippen molar-refractivity contribution in [1.29, 1.82) is 0 Å². The summed E-state index contributed by atoms with van der Waals surface area (Å²) in [5.74, 6) is 3.05. The third-order valence-electron chi connectivity index (χ3n) is 4.53. The van der Waals surface area contributed by atoms with Crippen molar-refractivity contribution in [2.45, 2.75) is 23.8 Å². The minimum atomic E-state index is -0.121. The molecule has 2 aromatic rings. The van der Waals surface area contributed by atoms with Gasteiger partial charge in [0.1, 0.15) is 5.75 Å². The normalized spacial score (nSPS) is 16.6. The van der Waals surface area contributed by atoms with Gasteiger partial charge in [-0.25, -0.2) is 0 Å². The highest BCUT2D eigenvalue weighted by Crippen LogP contribution is 2.45. The van der Waals surface area contributed by atoms with E-state index < -0.39 is 0 Å². The highest BCUT2D eigenvalue weighted by molar-refractivity contribution is 8.19. The molecule has 0 spiro atoms. The van der Waals surface area contributed by atoms with E-state index in [1.807, 2.05) is 41.7 Å². The Morgan fingerprint density at radius 3 is 2.60 bits per heavy atom. The zero-order valence-electron chi connectivity index (χ0n) is 14.0. The van der Waals surface area contributed by atoms with Gasteiger partial charge in [-0.3, -0.25) is 4.79 Å². The maximum atomic E-state index is 12.1. The summed E-state index contributed by atoms with van der Waals surface area (Å²) in [5, 5.41) is 2.93. The first-order valence-corrected chi connectivity index (χ1v) is 10.8. The lowest BCUT2D eigenvalue weighted by molar-refractivity contribution is -0.118. The smallest absolute Gasteiger partial charge is 0.262 e. The molecule has 5 heteroatoms. The molecule has 1 amide bonds. The molecule has 3 nitrogen and oxygen atoms in total. The molecular weight excluding hydrogens is 350 g/mol. The van der Waals surface area contributed by atoms with Crippen molar-refractivity contribution in [3.8, 4) is 5.75 Å². The molecule has 1 fully saturated rings. The van der Waals surface area contributed by atoms with E-state index >= 15 is 0 Å². The van der Waals surface area contributed by atoms with Gasteiger partial charge in [-0.15, -0.1) is 23.5 Å². The maximum Gasteiger partial charge on any atom is 0.262 e. The molecule has 130 valence electrons. The molecule has 0 radical (unpaired) electrons. The third-order valence-corrected chi connectivity index (χ3v) is 7.63. The quantitative estimate of drug-likeness (QED) is 0.829. The van der Waals surface area contributed by atoms with E-state index in [0.717, 1.165) is 24.3 Å². The van der Waals surface area contributed by atoms with Crippen molar-refractivity contribution in [3.63, 3.8) is 0 Å². The summed E-state index contributed by atoms with van der Waals surface area (Å²) in [6.45, 7) is 0.0311. The topological polar surface area (TPSA) is 38.3 Å². The Morgan fingerprint density at radius 2 is 1.80 bits per heavy atom. The third kappa shape index (κ3) is 4.15. The Hall–Kier alpha value is -1.59. The van der Waals surface area contributed by atoms with Gasteiger partial charge in [0.25, 0.3) is 5.91 Å². The Labute approximate surface area is 156 Å². The van der Waals surface area contributed by atoms with Crippen LogP contribution in [0.4, 0.5) is 5.69 Å². The monoisotopic (exact) mass is 371 g/mol. The van der Waals surface area contributed by atoms with Gasteiger partial charge in [-0.05, 0) is 60.2 Å². The Balaban J connectivity index is 1.29. The summed E-state index contributed by atoms with van der Waals surface area (Å²) in [4.78, 5) is 12.1. The standard InChI is InChI=1S/C20H21NO2S2/c22-19(21-17-7-4-14-2-1-3-16(14)12-17)13-23-18-8-5-15(6-9-18)20-24-10-11-25-20/h4-9,12,20H,1-3,10-11,13H2,(H,21,22). The van der Waals surface area contributed by atoms with E-state index in [4.69, 9.17) is 4.74 Å². The van der Waals surface area contributed by atoms with Gasteiger partial charge in [0, 0.05) is 17.2 Å². The number of thioether (sulfide) groups is 2. The van der Waals surface area contributed by atoms with Gasteiger partial charge in [-0.1, -0.05) is 18.2 Å². The molecule has 0 bridgehead atoms. The SMILES string of the molecule is O=C(COc1ccc(C2SCCS2)cc1)Nc1ccc2c(c1)CCC2. The number of carbonyl (C=O) groups excluding carboxylic acids is 1. The van der Waals surface area contributed by atoms with Gasteiger partial charge < -0.3 is 10.1 Å². The van der Waals surface area contributed by atoms with Crippen LogP contribution < -0.4 is 10.1 Å². The summed E-state index contributed by atoms with van der Waals surface area (Å²) in [6.07, 6.45) is 3.48. The van der Waals surface area contributed by atoms with E-state index in [9.17, 15) is 4.79 Å². The molecule has 1 saturated heterocycles. The zero-order valence-corrected chi connectivity index (χ0v) is 15.6. The largest absolute Gasteiger partial charge is 0.484 e. The van der Waals surface area contributed by atoms with Crippen LogP contribution >= 0.6 is 23.5 Å². The number of hydrogen-bond acceptors (Lipinski definition) is 4. The summed E-state index contributed by atoms with van der Waals surface area (Å²) >= 11 is 3.97. The van der Waals surface area contributed by atoms with Gasteiger partial charge in [0.05, 0.1) is 4.58 Å². The number of ether oxygens (including phenoxy) is 1. The summed E-state index contributed by atoms with van der Waals surface area (Å²) in [7, 11) is 0.